The first-order valence-corrected chi connectivity index (χ1v) is 12.4. The van der Waals surface area contributed by atoms with Crippen molar-refractivity contribution in [3.8, 4) is 17.2 Å². The summed E-state index contributed by atoms with van der Waals surface area (Å²) < 4.78 is 16.3. The number of carbonyl (C=O) groups is 2. The molecule has 0 saturated carbocycles. The second kappa shape index (κ2) is 12.3. The molecule has 3 aromatic rings. The summed E-state index contributed by atoms with van der Waals surface area (Å²) in [6.07, 6.45) is 0.649. The molecular weight excluding hydrogens is 472 g/mol. The standard InChI is InChI=1S/C29H32N2O6/c1-3-35-16-6-15-30-28(33)27(22-12-9-20(2)10-13-22)31(29(34)23-7-4-5-8-24(23)32)18-21-11-14-25-26(17-21)37-19-36-25/h4-5,7-14,17,27,32H,3,6,15-16,18-19H2,1-2H3,(H,30,33)/t27-/m1/s1. The van der Waals surface area contributed by atoms with Gasteiger partial charge >= 0.3 is 0 Å². The number of ether oxygens (including phenoxy) is 3. The normalized spacial score (nSPS) is 12.7. The molecule has 0 aromatic heterocycles. The molecule has 2 amide bonds. The number of benzene rings is 3. The second-order valence-electron chi connectivity index (χ2n) is 8.79. The van der Waals surface area contributed by atoms with Crippen LogP contribution in [-0.2, 0) is 16.1 Å². The van der Waals surface area contributed by atoms with E-state index in [1.54, 1.807) is 30.3 Å². The minimum absolute atomic E-state index is 0.106. The average Bonchev–Trinajstić information content (AvgIpc) is 3.37. The van der Waals surface area contributed by atoms with Gasteiger partial charge in [0.15, 0.2) is 11.5 Å². The van der Waals surface area contributed by atoms with Crippen molar-refractivity contribution in [3.63, 3.8) is 0 Å². The third kappa shape index (κ3) is 6.40. The van der Waals surface area contributed by atoms with Crippen LogP contribution < -0.4 is 14.8 Å². The van der Waals surface area contributed by atoms with E-state index in [4.69, 9.17) is 14.2 Å². The van der Waals surface area contributed by atoms with Gasteiger partial charge in [-0.3, -0.25) is 9.59 Å². The predicted molar refractivity (Wildman–Crippen MR) is 139 cm³/mol. The fourth-order valence-corrected chi connectivity index (χ4v) is 4.17. The largest absolute Gasteiger partial charge is 0.507 e. The highest BCUT2D eigenvalue weighted by Gasteiger charge is 2.33. The summed E-state index contributed by atoms with van der Waals surface area (Å²) >= 11 is 0. The highest BCUT2D eigenvalue weighted by molar-refractivity contribution is 5.99. The molecule has 1 aliphatic rings. The lowest BCUT2D eigenvalue weighted by Crippen LogP contribution is -2.43. The highest BCUT2D eigenvalue weighted by Crippen LogP contribution is 2.34. The van der Waals surface area contributed by atoms with E-state index in [2.05, 4.69) is 5.32 Å². The maximum Gasteiger partial charge on any atom is 0.258 e. The maximum atomic E-state index is 13.9. The number of aromatic hydroxyl groups is 1. The molecule has 3 aromatic carbocycles. The lowest BCUT2D eigenvalue weighted by atomic mass is 10.00. The van der Waals surface area contributed by atoms with Crippen LogP contribution in [0.5, 0.6) is 17.2 Å². The number of nitrogens with one attached hydrogen (secondary N) is 1. The smallest absolute Gasteiger partial charge is 0.258 e. The maximum absolute atomic E-state index is 13.9. The first-order chi connectivity index (χ1) is 18.0. The van der Waals surface area contributed by atoms with Gasteiger partial charge in [-0.15, -0.1) is 0 Å². The number of aryl methyl sites for hydroxylation is 1. The summed E-state index contributed by atoms with van der Waals surface area (Å²) in [6, 6.07) is 18.4. The minimum Gasteiger partial charge on any atom is -0.507 e. The van der Waals surface area contributed by atoms with Crippen molar-refractivity contribution >= 4 is 11.8 Å². The number of amides is 2. The number of rotatable bonds is 11. The Morgan fingerprint density at radius 3 is 2.57 bits per heavy atom. The Kier molecular flexibility index (Phi) is 8.64. The lowest BCUT2D eigenvalue weighted by molar-refractivity contribution is -0.126. The molecule has 1 aliphatic heterocycles. The number of phenolic OH excluding ortho intramolecular Hbond substituents is 1. The van der Waals surface area contributed by atoms with E-state index in [9.17, 15) is 14.7 Å². The van der Waals surface area contributed by atoms with E-state index < -0.39 is 11.9 Å². The third-order valence-corrected chi connectivity index (χ3v) is 6.11. The van der Waals surface area contributed by atoms with E-state index >= 15 is 0 Å². The molecule has 8 heteroatoms. The molecule has 1 atom stereocenters. The van der Waals surface area contributed by atoms with Crippen LogP contribution in [0.25, 0.3) is 0 Å². The number of hydrogen-bond donors (Lipinski definition) is 2. The molecule has 0 aliphatic carbocycles. The molecule has 37 heavy (non-hydrogen) atoms. The van der Waals surface area contributed by atoms with Gasteiger partial charge in [-0.05, 0) is 55.7 Å². The number of hydrogen-bond acceptors (Lipinski definition) is 6. The van der Waals surface area contributed by atoms with Gasteiger partial charge in [0.05, 0.1) is 5.56 Å². The number of fused-ring (bicyclic) bond motifs is 1. The van der Waals surface area contributed by atoms with E-state index in [0.717, 1.165) is 11.1 Å². The SMILES string of the molecule is CCOCCCNC(=O)[C@@H](c1ccc(C)cc1)N(Cc1ccc2c(c1)OCO2)C(=O)c1ccccc1O. The molecule has 0 spiro atoms. The fourth-order valence-electron chi connectivity index (χ4n) is 4.17. The van der Waals surface area contributed by atoms with Crippen molar-refractivity contribution in [2.75, 3.05) is 26.6 Å². The third-order valence-electron chi connectivity index (χ3n) is 6.11. The minimum atomic E-state index is -0.940. The second-order valence-corrected chi connectivity index (χ2v) is 8.79. The Hall–Kier alpha value is -4.04. The first-order valence-electron chi connectivity index (χ1n) is 12.4. The van der Waals surface area contributed by atoms with Crippen LogP contribution >= 0.6 is 0 Å². The molecule has 4 rings (SSSR count). The average molecular weight is 505 g/mol. The Balaban J connectivity index is 1.71. The number of carbonyl (C=O) groups excluding carboxylic acids is 2. The summed E-state index contributed by atoms with van der Waals surface area (Å²) in [7, 11) is 0. The predicted octanol–water partition coefficient (Wildman–Crippen LogP) is 4.36. The fraction of sp³-hybridized carbons (Fsp3) is 0.310. The van der Waals surface area contributed by atoms with Crippen LogP contribution in [0, 0.1) is 6.92 Å². The van der Waals surface area contributed by atoms with Crippen LogP contribution in [0.4, 0.5) is 0 Å². The van der Waals surface area contributed by atoms with Crippen molar-refractivity contribution in [1.29, 1.82) is 0 Å². The summed E-state index contributed by atoms with van der Waals surface area (Å²) in [6.45, 7) is 5.67. The van der Waals surface area contributed by atoms with E-state index in [1.165, 1.54) is 11.0 Å². The molecule has 1 heterocycles. The molecule has 8 nitrogen and oxygen atoms in total. The number of para-hydroxylation sites is 1. The van der Waals surface area contributed by atoms with Crippen molar-refractivity contribution < 1.29 is 28.9 Å². The van der Waals surface area contributed by atoms with Gasteiger partial charge in [0, 0.05) is 26.3 Å². The van der Waals surface area contributed by atoms with Crippen molar-refractivity contribution in [1.82, 2.24) is 10.2 Å². The van der Waals surface area contributed by atoms with Gasteiger partial charge in [0.2, 0.25) is 12.7 Å². The monoisotopic (exact) mass is 504 g/mol. The summed E-state index contributed by atoms with van der Waals surface area (Å²) in [5, 5.41) is 13.4. The molecule has 194 valence electrons. The van der Waals surface area contributed by atoms with Crippen LogP contribution in [0.2, 0.25) is 0 Å². The van der Waals surface area contributed by atoms with Crippen molar-refractivity contribution in [2.45, 2.75) is 32.9 Å². The van der Waals surface area contributed by atoms with Gasteiger partial charge in [-0.25, -0.2) is 0 Å². The van der Waals surface area contributed by atoms with Gasteiger partial charge in [-0.1, -0.05) is 48.0 Å². The highest BCUT2D eigenvalue weighted by atomic mass is 16.7. The Labute approximate surface area is 216 Å². The lowest BCUT2D eigenvalue weighted by Gasteiger charge is -2.32. The number of phenols is 1. The zero-order valence-electron chi connectivity index (χ0n) is 21.1. The summed E-state index contributed by atoms with van der Waals surface area (Å²) in [5.41, 5.74) is 2.57. The molecule has 2 N–H and O–H groups in total. The van der Waals surface area contributed by atoms with Crippen LogP contribution in [0.1, 0.15) is 46.4 Å². The van der Waals surface area contributed by atoms with Gasteiger partial charge in [-0.2, -0.15) is 0 Å². The van der Waals surface area contributed by atoms with Crippen molar-refractivity contribution in [3.05, 3.63) is 89.0 Å². The molecule has 0 radical (unpaired) electrons. The van der Waals surface area contributed by atoms with E-state index in [-0.39, 0.29) is 30.6 Å². The van der Waals surface area contributed by atoms with E-state index in [1.807, 2.05) is 44.2 Å². The Morgan fingerprint density at radius 1 is 1.05 bits per heavy atom. The zero-order valence-corrected chi connectivity index (χ0v) is 21.1. The molecule has 0 unspecified atom stereocenters. The van der Waals surface area contributed by atoms with Crippen LogP contribution in [0.3, 0.4) is 0 Å². The molecule has 0 saturated heterocycles. The van der Waals surface area contributed by atoms with Crippen LogP contribution in [-0.4, -0.2) is 48.4 Å². The first kappa shape index (κ1) is 26.0. The van der Waals surface area contributed by atoms with E-state index in [0.29, 0.717) is 43.2 Å². The van der Waals surface area contributed by atoms with Crippen LogP contribution in [0.15, 0.2) is 66.7 Å². The zero-order chi connectivity index (χ0) is 26.2. The quantitative estimate of drug-likeness (QED) is 0.377. The van der Waals surface area contributed by atoms with Gasteiger partial charge in [0.1, 0.15) is 11.8 Å². The summed E-state index contributed by atoms with van der Waals surface area (Å²) in [5.74, 6) is 0.280. The van der Waals surface area contributed by atoms with Gasteiger partial charge < -0.3 is 29.5 Å². The topological polar surface area (TPSA) is 97.3 Å². The Morgan fingerprint density at radius 2 is 1.81 bits per heavy atom. The van der Waals surface area contributed by atoms with Gasteiger partial charge in [0.25, 0.3) is 5.91 Å². The Bertz CT molecular complexity index is 1230. The molecular formula is C29H32N2O6. The van der Waals surface area contributed by atoms with Crippen molar-refractivity contribution in [2.24, 2.45) is 0 Å². The molecule has 0 fully saturated rings. The number of nitrogens with zero attached hydrogens (tertiary/aromatic N) is 1. The summed E-state index contributed by atoms with van der Waals surface area (Å²) in [4.78, 5) is 29.0. The molecule has 0 bridgehead atoms.